The summed E-state index contributed by atoms with van der Waals surface area (Å²) in [5.41, 5.74) is 4.90. The van der Waals surface area contributed by atoms with Crippen LogP contribution >= 0.6 is 0 Å². The van der Waals surface area contributed by atoms with Crippen molar-refractivity contribution in [3.63, 3.8) is 0 Å². The Morgan fingerprint density at radius 3 is 2.67 bits per heavy atom. The zero-order chi connectivity index (χ0) is 16.8. The second-order valence-electron chi connectivity index (χ2n) is 6.28. The molecule has 3 aromatic rings. The normalized spacial score (nSPS) is 16.4. The Balaban J connectivity index is 1.80. The molecule has 0 saturated heterocycles. The van der Waals surface area contributed by atoms with Crippen LogP contribution in [0, 0.1) is 24.0 Å². The summed E-state index contributed by atoms with van der Waals surface area (Å²) in [6, 6.07) is 14.7. The summed E-state index contributed by atoms with van der Waals surface area (Å²) < 4.78 is 1.96. The van der Waals surface area contributed by atoms with Crippen molar-refractivity contribution in [2.75, 3.05) is 0 Å². The third kappa shape index (κ3) is 2.19. The van der Waals surface area contributed by atoms with E-state index in [1.807, 2.05) is 55.5 Å². The molecule has 0 bridgehead atoms. The number of hydrogen-bond donors (Lipinski definition) is 0. The van der Waals surface area contributed by atoms with Gasteiger partial charge in [0, 0.05) is 45.7 Å². The largest absolute Gasteiger partial charge is 0.618 e. The van der Waals surface area contributed by atoms with E-state index in [0.717, 1.165) is 31.6 Å². The Bertz CT molecular complexity index is 1020. The van der Waals surface area contributed by atoms with Crippen LogP contribution in [0.1, 0.15) is 28.4 Å². The quantitative estimate of drug-likeness (QED) is 0.497. The van der Waals surface area contributed by atoms with E-state index in [-0.39, 0.29) is 6.04 Å². The lowest BCUT2D eigenvalue weighted by atomic mass is 9.97. The van der Waals surface area contributed by atoms with E-state index in [2.05, 4.69) is 0 Å². The molecule has 0 amide bonds. The van der Waals surface area contributed by atoms with Crippen molar-refractivity contribution >= 4 is 22.7 Å². The van der Waals surface area contributed by atoms with Gasteiger partial charge in [0.05, 0.1) is 5.56 Å². The Morgan fingerprint density at radius 1 is 1.00 bits per heavy atom. The van der Waals surface area contributed by atoms with Gasteiger partial charge in [-0.2, -0.15) is 4.73 Å². The van der Waals surface area contributed by atoms with Gasteiger partial charge in [0.1, 0.15) is 0 Å². The third-order valence-corrected chi connectivity index (χ3v) is 4.57. The van der Waals surface area contributed by atoms with Gasteiger partial charge in [-0.3, -0.25) is 0 Å². The summed E-state index contributed by atoms with van der Waals surface area (Å²) in [7, 11) is 0. The second-order valence-corrected chi connectivity index (χ2v) is 6.28. The number of benzene rings is 2. The number of pyridine rings is 1. The highest BCUT2D eigenvalue weighted by Crippen LogP contribution is 2.35. The summed E-state index contributed by atoms with van der Waals surface area (Å²) in [5, 5.41) is 12.9. The van der Waals surface area contributed by atoms with Crippen molar-refractivity contribution in [2.45, 2.75) is 19.9 Å². The lowest BCUT2D eigenvalue weighted by molar-refractivity contribution is -0.584. The molecule has 1 aromatic heterocycles. The summed E-state index contributed by atoms with van der Waals surface area (Å²) in [6.45, 7) is 3.79. The highest BCUT2D eigenvalue weighted by Gasteiger charge is 2.32. The molecule has 0 fully saturated rings. The lowest BCUT2D eigenvalue weighted by Crippen LogP contribution is -2.30. The van der Waals surface area contributed by atoms with Gasteiger partial charge in [0.2, 0.25) is 5.52 Å². The van der Waals surface area contributed by atoms with Gasteiger partial charge < -0.3 is 5.21 Å². The van der Waals surface area contributed by atoms with Crippen molar-refractivity contribution in [3.8, 4) is 0 Å². The monoisotopic (exact) mass is 317 g/mol. The lowest BCUT2D eigenvalue weighted by Gasteiger charge is -2.13. The summed E-state index contributed by atoms with van der Waals surface area (Å²) >= 11 is 0. The molecule has 0 aliphatic carbocycles. The molecule has 24 heavy (non-hydrogen) atoms. The zero-order valence-electron chi connectivity index (χ0n) is 13.6. The van der Waals surface area contributed by atoms with E-state index in [4.69, 9.17) is 0 Å². The van der Waals surface area contributed by atoms with Crippen LogP contribution in [0.4, 0.5) is 5.69 Å². The molecular weight excluding hydrogens is 300 g/mol. The van der Waals surface area contributed by atoms with Crippen molar-refractivity contribution in [1.29, 1.82) is 0 Å². The Hall–Kier alpha value is -3.01. The number of fused-ring (bicyclic) bond motifs is 2. The first-order valence-electron chi connectivity index (χ1n) is 7.92. The van der Waals surface area contributed by atoms with Gasteiger partial charge >= 0.3 is 0 Å². The number of hydrogen-bond acceptors (Lipinski definition) is 2. The van der Waals surface area contributed by atoms with Gasteiger partial charge in [-0.1, -0.05) is 11.6 Å². The molecular formula is C20H17N2O2+. The molecule has 1 aliphatic heterocycles. The minimum absolute atomic E-state index is 0.383. The van der Waals surface area contributed by atoms with Crippen LogP contribution < -0.4 is 4.73 Å². The molecule has 0 saturated carbocycles. The fourth-order valence-electron chi connectivity index (χ4n) is 3.22. The number of rotatable bonds is 1. The zero-order valence-corrected chi connectivity index (χ0v) is 13.6. The molecule has 0 N–H and O–H groups in total. The van der Waals surface area contributed by atoms with Gasteiger partial charge in [0.15, 0.2) is 5.69 Å². The van der Waals surface area contributed by atoms with Crippen LogP contribution in [0.15, 0.2) is 54.6 Å². The second kappa shape index (κ2) is 5.27. The maximum atomic E-state index is 12.8. The smallest absolute Gasteiger partial charge is 0.264 e. The van der Waals surface area contributed by atoms with Crippen molar-refractivity contribution < 1.29 is 9.49 Å². The fraction of sp³-hybridized carbons (Fsp3) is 0.150. The fourth-order valence-corrected chi connectivity index (χ4v) is 3.22. The van der Waals surface area contributed by atoms with Crippen molar-refractivity contribution in [1.82, 2.24) is 0 Å². The van der Waals surface area contributed by atoms with E-state index in [9.17, 15) is 10.1 Å². The van der Waals surface area contributed by atoms with E-state index in [1.165, 1.54) is 0 Å². The van der Waals surface area contributed by atoms with Gasteiger partial charge in [0.25, 0.3) is 11.7 Å². The highest BCUT2D eigenvalue weighted by molar-refractivity contribution is 5.77. The molecule has 4 rings (SSSR count). The predicted molar refractivity (Wildman–Crippen MR) is 93.9 cm³/mol. The van der Waals surface area contributed by atoms with Crippen LogP contribution in [0.3, 0.4) is 0 Å². The van der Waals surface area contributed by atoms with E-state index >= 15 is 0 Å². The first-order valence-corrected chi connectivity index (χ1v) is 7.92. The van der Waals surface area contributed by atoms with Crippen LogP contribution in [-0.2, 0) is 0 Å². The Morgan fingerprint density at radius 2 is 1.83 bits per heavy atom. The molecule has 2 aromatic carbocycles. The van der Waals surface area contributed by atoms with Gasteiger partial charge in [-0.05, 0) is 43.3 Å². The summed E-state index contributed by atoms with van der Waals surface area (Å²) in [6.07, 6.45) is 3.91. The van der Waals surface area contributed by atoms with Crippen LogP contribution in [0.2, 0.25) is 0 Å². The number of nitroso groups, excluding NO2 is 1. The van der Waals surface area contributed by atoms with E-state index in [0.29, 0.717) is 16.9 Å². The first-order chi connectivity index (χ1) is 11.5. The van der Waals surface area contributed by atoms with Gasteiger partial charge in [-0.15, -0.1) is 0 Å². The number of aromatic nitrogens is 1. The molecule has 1 aliphatic rings. The molecule has 118 valence electrons. The molecule has 1 atom stereocenters. The Labute approximate surface area is 139 Å². The SMILES string of the molecule is Cc1ccc2c(c1)C=CC(c1ccc3c(ccc(C)[n+]3[O-])c1)[N+]2=O. The topological polar surface area (TPSA) is 47.0 Å². The predicted octanol–water partition coefficient (Wildman–Crippen LogP) is 4.27. The Kier molecular flexibility index (Phi) is 3.20. The summed E-state index contributed by atoms with van der Waals surface area (Å²) in [5.74, 6) is 0. The van der Waals surface area contributed by atoms with Crippen LogP contribution in [0.25, 0.3) is 17.0 Å². The molecule has 2 heterocycles. The van der Waals surface area contributed by atoms with E-state index < -0.39 is 0 Å². The molecule has 4 heteroatoms. The van der Waals surface area contributed by atoms with Gasteiger partial charge in [-0.25, -0.2) is 0 Å². The maximum Gasteiger partial charge on any atom is 0.264 e. The standard InChI is InChI=1S/C20H17N2O2/c1-13-3-8-19-15(11-13)6-10-20(22(19)24)17-7-9-18-16(12-17)5-4-14(2)21(18)23/h3-12,20H,1-2H3/q+1. The van der Waals surface area contributed by atoms with Crippen LogP contribution in [0.5, 0.6) is 0 Å². The van der Waals surface area contributed by atoms with Crippen LogP contribution in [-0.4, -0.2) is 4.76 Å². The first kappa shape index (κ1) is 14.6. The maximum absolute atomic E-state index is 12.8. The molecule has 0 radical (unpaired) electrons. The number of aryl methyl sites for hydroxylation is 2. The average molecular weight is 317 g/mol. The molecule has 4 nitrogen and oxygen atoms in total. The number of nitrogens with zero attached hydrogens (tertiary/aromatic N) is 2. The summed E-state index contributed by atoms with van der Waals surface area (Å²) in [4.78, 5) is 12.8. The van der Waals surface area contributed by atoms with Crippen molar-refractivity contribution in [3.05, 3.63) is 87.1 Å². The molecule has 1 unspecified atom stereocenters. The third-order valence-electron chi connectivity index (χ3n) is 4.57. The minimum Gasteiger partial charge on any atom is -0.618 e. The highest BCUT2D eigenvalue weighted by atomic mass is 16.5. The average Bonchev–Trinajstić information content (AvgIpc) is 2.58. The van der Waals surface area contributed by atoms with Crippen molar-refractivity contribution in [2.24, 2.45) is 0 Å². The van der Waals surface area contributed by atoms with E-state index in [1.54, 1.807) is 19.1 Å². The molecule has 0 spiro atoms. The minimum atomic E-state index is -0.383.